The maximum absolute atomic E-state index is 5.69. The summed E-state index contributed by atoms with van der Waals surface area (Å²) in [5.74, 6) is 0.841. The third-order valence-corrected chi connectivity index (χ3v) is 3.46. The molecule has 0 spiro atoms. The van der Waals surface area contributed by atoms with Crippen molar-refractivity contribution in [3.8, 4) is 5.82 Å². The number of hydrogen-bond donors (Lipinski definition) is 1. The van der Waals surface area contributed by atoms with Crippen molar-refractivity contribution in [1.82, 2.24) is 14.8 Å². The molecule has 0 unspecified atom stereocenters. The average molecular weight is 252 g/mol. The molecule has 19 heavy (non-hydrogen) atoms. The van der Waals surface area contributed by atoms with Crippen LogP contribution in [0.25, 0.3) is 16.7 Å². The minimum absolute atomic E-state index is 0.498. The highest BCUT2D eigenvalue weighted by molar-refractivity contribution is 5.82. The van der Waals surface area contributed by atoms with Crippen molar-refractivity contribution < 1.29 is 0 Å². The van der Waals surface area contributed by atoms with Gasteiger partial charge in [-0.1, -0.05) is 18.2 Å². The number of pyridine rings is 1. The first kappa shape index (κ1) is 11.9. The van der Waals surface area contributed by atoms with Crippen LogP contribution in [0, 0.1) is 13.8 Å². The Balaban J connectivity index is 2.22. The fraction of sp³-hybridized carbons (Fsp3) is 0.200. The lowest BCUT2D eigenvalue weighted by atomic mass is 10.1. The predicted molar refractivity (Wildman–Crippen MR) is 76.2 cm³/mol. The average Bonchev–Trinajstić information content (AvgIpc) is 2.80. The molecule has 0 amide bonds. The van der Waals surface area contributed by atoms with Crippen molar-refractivity contribution in [3.05, 3.63) is 53.3 Å². The number of benzene rings is 1. The number of aromatic nitrogens is 3. The molecule has 0 bridgehead atoms. The zero-order valence-electron chi connectivity index (χ0n) is 11.1. The van der Waals surface area contributed by atoms with E-state index in [-0.39, 0.29) is 0 Å². The molecular formula is C15H16N4. The van der Waals surface area contributed by atoms with Gasteiger partial charge in [0.05, 0.1) is 11.7 Å². The SMILES string of the molecule is Cc1cc(-n2ncc(CN)c2C)nc2ccccc12. The fourth-order valence-corrected chi connectivity index (χ4v) is 2.32. The summed E-state index contributed by atoms with van der Waals surface area (Å²) in [6.07, 6.45) is 1.81. The van der Waals surface area contributed by atoms with E-state index in [1.54, 1.807) is 0 Å². The summed E-state index contributed by atoms with van der Waals surface area (Å²) >= 11 is 0. The van der Waals surface area contributed by atoms with Gasteiger partial charge in [-0.3, -0.25) is 0 Å². The van der Waals surface area contributed by atoms with Crippen LogP contribution in [-0.2, 0) is 6.54 Å². The summed E-state index contributed by atoms with van der Waals surface area (Å²) in [5.41, 5.74) is 9.97. The fourth-order valence-electron chi connectivity index (χ4n) is 2.32. The maximum atomic E-state index is 5.69. The zero-order chi connectivity index (χ0) is 13.4. The topological polar surface area (TPSA) is 56.7 Å². The summed E-state index contributed by atoms with van der Waals surface area (Å²) in [6, 6.07) is 10.2. The van der Waals surface area contributed by atoms with E-state index in [0.717, 1.165) is 22.6 Å². The van der Waals surface area contributed by atoms with Gasteiger partial charge in [0.1, 0.15) is 0 Å². The van der Waals surface area contributed by atoms with Crippen LogP contribution in [0.4, 0.5) is 0 Å². The first-order chi connectivity index (χ1) is 9.20. The lowest BCUT2D eigenvalue weighted by molar-refractivity contribution is 0.818. The Hall–Kier alpha value is -2.20. The Morgan fingerprint density at radius 1 is 1.21 bits per heavy atom. The van der Waals surface area contributed by atoms with Crippen LogP contribution in [0.1, 0.15) is 16.8 Å². The predicted octanol–water partition coefficient (Wildman–Crippen LogP) is 2.50. The third kappa shape index (κ3) is 1.90. The van der Waals surface area contributed by atoms with Crippen molar-refractivity contribution in [1.29, 1.82) is 0 Å². The van der Waals surface area contributed by atoms with E-state index in [1.165, 1.54) is 10.9 Å². The largest absolute Gasteiger partial charge is 0.326 e. The summed E-state index contributed by atoms with van der Waals surface area (Å²) in [5, 5.41) is 5.55. The lowest BCUT2D eigenvalue weighted by Gasteiger charge is -2.08. The van der Waals surface area contributed by atoms with E-state index in [9.17, 15) is 0 Å². The van der Waals surface area contributed by atoms with Crippen molar-refractivity contribution >= 4 is 10.9 Å². The van der Waals surface area contributed by atoms with Crippen LogP contribution in [0.2, 0.25) is 0 Å². The first-order valence-corrected chi connectivity index (χ1v) is 6.31. The van der Waals surface area contributed by atoms with E-state index in [2.05, 4.69) is 29.1 Å². The molecule has 0 aliphatic rings. The van der Waals surface area contributed by atoms with Crippen molar-refractivity contribution in [2.75, 3.05) is 0 Å². The zero-order valence-corrected chi connectivity index (χ0v) is 11.1. The molecule has 2 aromatic heterocycles. The summed E-state index contributed by atoms with van der Waals surface area (Å²) in [6.45, 7) is 4.61. The number of nitrogens with zero attached hydrogens (tertiary/aromatic N) is 3. The van der Waals surface area contributed by atoms with Crippen molar-refractivity contribution in [2.24, 2.45) is 5.73 Å². The molecule has 3 rings (SSSR count). The summed E-state index contributed by atoms with van der Waals surface area (Å²) in [4.78, 5) is 4.67. The maximum Gasteiger partial charge on any atom is 0.154 e. The van der Waals surface area contributed by atoms with Gasteiger partial charge in [0, 0.05) is 23.2 Å². The molecular weight excluding hydrogens is 236 g/mol. The molecule has 96 valence electrons. The van der Waals surface area contributed by atoms with E-state index in [4.69, 9.17) is 5.73 Å². The number of rotatable bonds is 2. The molecule has 2 N–H and O–H groups in total. The highest BCUT2D eigenvalue weighted by Gasteiger charge is 2.09. The molecule has 0 aliphatic carbocycles. The van der Waals surface area contributed by atoms with Crippen LogP contribution in [0.15, 0.2) is 36.5 Å². The Bertz CT molecular complexity index is 743. The molecule has 0 saturated heterocycles. The van der Waals surface area contributed by atoms with Gasteiger partial charge in [-0.15, -0.1) is 0 Å². The number of para-hydroxylation sites is 1. The first-order valence-electron chi connectivity index (χ1n) is 6.31. The minimum atomic E-state index is 0.498. The van der Waals surface area contributed by atoms with Crippen LogP contribution in [0.5, 0.6) is 0 Å². The Labute approximate surface area is 111 Å². The number of aryl methyl sites for hydroxylation is 1. The van der Waals surface area contributed by atoms with Crippen LogP contribution >= 0.6 is 0 Å². The summed E-state index contributed by atoms with van der Waals surface area (Å²) in [7, 11) is 0. The van der Waals surface area contributed by atoms with Gasteiger partial charge in [0.25, 0.3) is 0 Å². The molecule has 0 fully saturated rings. The van der Waals surface area contributed by atoms with Crippen LogP contribution < -0.4 is 5.73 Å². The van der Waals surface area contributed by atoms with E-state index >= 15 is 0 Å². The molecule has 2 heterocycles. The van der Waals surface area contributed by atoms with E-state index < -0.39 is 0 Å². The monoisotopic (exact) mass is 252 g/mol. The van der Waals surface area contributed by atoms with Gasteiger partial charge in [-0.25, -0.2) is 9.67 Å². The van der Waals surface area contributed by atoms with Gasteiger partial charge in [-0.05, 0) is 31.5 Å². The lowest BCUT2D eigenvalue weighted by Crippen LogP contribution is -2.04. The Kier molecular flexibility index (Phi) is 2.80. The van der Waals surface area contributed by atoms with Crippen LogP contribution in [0.3, 0.4) is 0 Å². The van der Waals surface area contributed by atoms with E-state index in [0.29, 0.717) is 6.54 Å². The van der Waals surface area contributed by atoms with Gasteiger partial charge in [0.15, 0.2) is 5.82 Å². The molecule has 0 radical (unpaired) electrons. The smallest absolute Gasteiger partial charge is 0.154 e. The minimum Gasteiger partial charge on any atom is -0.326 e. The third-order valence-electron chi connectivity index (χ3n) is 3.46. The second-order valence-electron chi connectivity index (χ2n) is 4.69. The van der Waals surface area contributed by atoms with Crippen molar-refractivity contribution in [3.63, 3.8) is 0 Å². The molecule has 1 aromatic carbocycles. The molecule has 0 aliphatic heterocycles. The number of hydrogen-bond acceptors (Lipinski definition) is 3. The second kappa shape index (κ2) is 4.48. The van der Waals surface area contributed by atoms with Gasteiger partial charge >= 0.3 is 0 Å². The molecule has 0 saturated carbocycles. The number of fused-ring (bicyclic) bond motifs is 1. The van der Waals surface area contributed by atoms with Gasteiger partial charge in [0.2, 0.25) is 0 Å². The molecule has 4 heteroatoms. The highest BCUT2D eigenvalue weighted by atomic mass is 15.3. The van der Waals surface area contributed by atoms with Gasteiger partial charge in [-0.2, -0.15) is 5.10 Å². The second-order valence-corrected chi connectivity index (χ2v) is 4.69. The molecule has 0 atom stereocenters. The summed E-state index contributed by atoms with van der Waals surface area (Å²) < 4.78 is 1.85. The normalized spacial score (nSPS) is 11.1. The number of nitrogens with two attached hydrogens (primary N) is 1. The van der Waals surface area contributed by atoms with E-state index in [1.807, 2.05) is 36.0 Å². The van der Waals surface area contributed by atoms with Gasteiger partial charge < -0.3 is 5.73 Å². The Morgan fingerprint density at radius 2 is 2.00 bits per heavy atom. The standard InChI is InChI=1S/C15H16N4/c1-10-7-15(18-14-6-4-3-5-13(10)14)19-11(2)12(8-16)9-17-19/h3-7,9H,8,16H2,1-2H3. The highest BCUT2D eigenvalue weighted by Crippen LogP contribution is 2.20. The quantitative estimate of drug-likeness (QED) is 0.762. The molecule has 3 aromatic rings. The van der Waals surface area contributed by atoms with Crippen LogP contribution in [-0.4, -0.2) is 14.8 Å². The molecule has 4 nitrogen and oxygen atoms in total. The Morgan fingerprint density at radius 3 is 2.74 bits per heavy atom. The van der Waals surface area contributed by atoms with Crippen molar-refractivity contribution in [2.45, 2.75) is 20.4 Å².